The van der Waals surface area contributed by atoms with Crippen molar-refractivity contribution in [2.75, 3.05) is 18.0 Å². The Morgan fingerprint density at radius 2 is 1.08 bits per heavy atom. The minimum Gasteiger partial charge on any atom is -0.370 e. The highest BCUT2D eigenvalue weighted by atomic mass is 32.1. The normalized spacial score (nSPS) is 16.2. The molecule has 0 fully saturated rings. The molecule has 1 nitrogen and oxygen atoms in total. The predicted molar refractivity (Wildman–Crippen MR) is 222 cm³/mol. The lowest BCUT2D eigenvalue weighted by Crippen LogP contribution is -2.48. The third-order valence-electron chi connectivity index (χ3n) is 10.8. The Bertz CT molecular complexity index is 2420. The fourth-order valence-corrected chi connectivity index (χ4v) is 9.74. The fraction of sp³-hybridized carbons (Fsp3) is 0.224. The maximum Gasteiger partial charge on any atom is 0.0432 e. The van der Waals surface area contributed by atoms with E-state index in [9.17, 15) is 0 Å². The summed E-state index contributed by atoms with van der Waals surface area (Å²) in [5, 5.41) is 5.13. The van der Waals surface area contributed by atoms with Crippen LogP contribution in [0.2, 0.25) is 0 Å². The van der Waals surface area contributed by atoms with Crippen LogP contribution in [0.15, 0.2) is 127 Å². The summed E-state index contributed by atoms with van der Waals surface area (Å²) in [7, 11) is 0. The van der Waals surface area contributed by atoms with Gasteiger partial charge in [-0.3, -0.25) is 0 Å². The van der Waals surface area contributed by atoms with E-state index in [1.54, 1.807) is 16.8 Å². The zero-order valence-electron chi connectivity index (χ0n) is 30.2. The van der Waals surface area contributed by atoms with Crippen LogP contribution in [0.5, 0.6) is 0 Å². The van der Waals surface area contributed by atoms with Crippen molar-refractivity contribution in [1.29, 1.82) is 0 Å². The maximum atomic E-state index is 2.69. The molecule has 0 radical (unpaired) electrons. The summed E-state index contributed by atoms with van der Waals surface area (Å²) in [5.41, 5.74) is 13.1. The number of hydrogen-bond donors (Lipinski definition) is 0. The van der Waals surface area contributed by atoms with Crippen molar-refractivity contribution >= 4 is 50.7 Å². The molecule has 6 aromatic carbocycles. The highest BCUT2D eigenvalue weighted by Crippen LogP contribution is 2.46. The van der Waals surface area contributed by atoms with Crippen molar-refractivity contribution in [2.45, 2.75) is 47.0 Å². The molecule has 0 aliphatic carbocycles. The molecule has 2 aliphatic heterocycles. The van der Waals surface area contributed by atoms with E-state index >= 15 is 0 Å². The van der Waals surface area contributed by atoms with Crippen LogP contribution in [0.1, 0.15) is 61.1 Å². The van der Waals surface area contributed by atoms with Crippen LogP contribution in [0.4, 0.5) is 5.69 Å². The molecule has 9 rings (SSSR count). The third-order valence-corrected chi connectivity index (χ3v) is 12.0. The molecule has 0 unspecified atom stereocenters. The highest BCUT2D eigenvalue weighted by Gasteiger charge is 2.38. The van der Waals surface area contributed by atoms with Crippen molar-refractivity contribution in [2.24, 2.45) is 10.8 Å². The van der Waals surface area contributed by atoms with Gasteiger partial charge in [0.25, 0.3) is 0 Å². The van der Waals surface area contributed by atoms with Gasteiger partial charge in [-0.15, -0.1) is 11.3 Å². The van der Waals surface area contributed by atoms with Gasteiger partial charge in [0.15, 0.2) is 0 Å². The van der Waals surface area contributed by atoms with Crippen molar-refractivity contribution < 1.29 is 0 Å². The molecule has 0 spiro atoms. The number of rotatable bonds is 6. The average Bonchev–Trinajstić information content (AvgIpc) is 3.60. The largest absolute Gasteiger partial charge is 0.370 e. The topological polar surface area (TPSA) is 3.24 Å². The number of hydrogen-bond acceptors (Lipinski definition) is 2. The van der Waals surface area contributed by atoms with Crippen LogP contribution in [0, 0.1) is 10.8 Å². The second-order valence-corrected chi connectivity index (χ2v) is 17.7. The summed E-state index contributed by atoms with van der Waals surface area (Å²) >= 11 is 1.85. The zero-order valence-corrected chi connectivity index (χ0v) is 31.0. The van der Waals surface area contributed by atoms with Gasteiger partial charge in [0.1, 0.15) is 0 Å². The lowest BCUT2D eigenvalue weighted by atomic mass is 9.73. The molecule has 252 valence electrons. The molecule has 0 amide bonds. The van der Waals surface area contributed by atoms with Crippen LogP contribution in [-0.2, 0) is 19.3 Å². The molecular weight excluding hydrogens is 635 g/mol. The first-order chi connectivity index (χ1) is 24.6. The Hall–Kier alpha value is -4.92. The second-order valence-electron chi connectivity index (χ2n) is 16.6. The van der Waals surface area contributed by atoms with Crippen molar-refractivity contribution in [3.63, 3.8) is 0 Å². The highest BCUT2D eigenvalue weighted by molar-refractivity contribution is 7.18. The average molecular weight is 680 g/mol. The maximum absolute atomic E-state index is 2.69. The lowest BCUT2D eigenvalue weighted by molar-refractivity contribution is 0.289. The molecule has 2 aliphatic rings. The monoisotopic (exact) mass is 679 g/mol. The first-order valence-electron chi connectivity index (χ1n) is 18.4. The molecular formula is C49H45NS. The van der Waals surface area contributed by atoms with Crippen molar-refractivity contribution in [3.05, 3.63) is 161 Å². The lowest BCUT2D eigenvalue weighted by Gasteiger charge is -2.49. The Morgan fingerprint density at radius 1 is 0.529 bits per heavy atom. The molecule has 7 aromatic rings. The van der Waals surface area contributed by atoms with Crippen molar-refractivity contribution in [3.8, 4) is 20.9 Å². The van der Waals surface area contributed by atoms with Crippen LogP contribution in [0.3, 0.4) is 0 Å². The number of thiophene rings is 1. The van der Waals surface area contributed by atoms with E-state index in [0.717, 1.165) is 19.5 Å². The van der Waals surface area contributed by atoms with E-state index in [2.05, 4.69) is 172 Å². The Kier molecular flexibility index (Phi) is 7.78. The van der Waals surface area contributed by atoms with Gasteiger partial charge in [-0.25, -0.2) is 0 Å². The van der Waals surface area contributed by atoms with E-state index in [0.29, 0.717) is 10.8 Å². The summed E-state index contributed by atoms with van der Waals surface area (Å²) in [6.45, 7) is 12.0. The van der Waals surface area contributed by atoms with Gasteiger partial charge in [-0.05, 0) is 126 Å². The first-order valence-corrected chi connectivity index (χ1v) is 19.2. The molecule has 3 heterocycles. The summed E-state index contributed by atoms with van der Waals surface area (Å²) in [4.78, 5) is 5.29. The van der Waals surface area contributed by atoms with Crippen LogP contribution >= 0.6 is 11.3 Å². The molecule has 1 aromatic heterocycles. The predicted octanol–water partition coefficient (Wildman–Crippen LogP) is 13.1. The molecule has 51 heavy (non-hydrogen) atoms. The smallest absolute Gasteiger partial charge is 0.0432 e. The van der Waals surface area contributed by atoms with Gasteiger partial charge in [0.2, 0.25) is 0 Å². The van der Waals surface area contributed by atoms with Gasteiger partial charge in [0.05, 0.1) is 0 Å². The van der Waals surface area contributed by atoms with Crippen LogP contribution in [0.25, 0.3) is 54.6 Å². The molecule has 2 heteroatoms. The van der Waals surface area contributed by atoms with E-state index < -0.39 is 0 Å². The van der Waals surface area contributed by atoms with Crippen LogP contribution < -0.4 is 4.90 Å². The van der Waals surface area contributed by atoms with Gasteiger partial charge < -0.3 is 4.90 Å². The molecule has 0 atom stereocenters. The summed E-state index contributed by atoms with van der Waals surface area (Å²) in [5.74, 6) is 0. The molecule has 0 saturated heterocycles. The quantitative estimate of drug-likeness (QED) is 0.158. The number of nitrogens with zero attached hydrogens (tertiary/aromatic N) is 1. The summed E-state index contributed by atoms with van der Waals surface area (Å²) in [6, 6.07) is 47.6. The van der Waals surface area contributed by atoms with Gasteiger partial charge in [0, 0.05) is 28.5 Å². The van der Waals surface area contributed by atoms with Gasteiger partial charge >= 0.3 is 0 Å². The Labute approximate surface area is 306 Å². The number of fused-ring (bicyclic) bond motifs is 2. The minimum absolute atomic E-state index is 0.308. The standard InChI is InChI=1S/C49H45NS/c1-48(2)29-43-26-36(27-44-30-49(3,4)32-50(31-48)47(43)44)22-35-14-17-38-23-33(12-15-39(38)25-35)10-11-34-13-16-41-28-42(19-18-40(41)24-34)46-21-20-45(51-46)37-8-6-5-7-9-37/h5-21,23-28H,22,29-32H2,1-4H3. The van der Waals surface area contributed by atoms with E-state index in [-0.39, 0.29) is 0 Å². The SMILES string of the molecule is CC1(C)Cc2cc(Cc3ccc4cc(C=Cc5ccc6cc(-c7ccc(-c8ccccc8)s7)ccc6c5)ccc4c3)cc3c2N(C1)CC(C)(C)C3. The Balaban J connectivity index is 0.915. The molecule has 0 saturated carbocycles. The van der Waals surface area contributed by atoms with E-state index in [1.165, 1.54) is 77.5 Å². The zero-order chi connectivity index (χ0) is 34.7. The number of anilines is 1. The fourth-order valence-electron chi connectivity index (χ4n) is 8.73. The van der Waals surface area contributed by atoms with Gasteiger partial charge in [-0.2, -0.15) is 0 Å². The first kappa shape index (κ1) is 32.0. The summed E-state index contributed by atoms with van der Waals surface area (Å²) < 4.78 is 0. The third kappa shape index (κ3) is 6.54. The van der Waals surface area contributed by atoms with Gasteiger partial charge in [-0.1, -0.05) is 137 Å². The second kappa shape index (κ2) is 12.4. The van der Waals surface area contributed by atoms with E-state index in [1.807, 2.05) is 11.3 Å². The minimum atomic E-state index is 0.308. The molecule has 0 N–H and O–H groups in total. The number of benzene rings is 6. The molecule has 0 bridgehead atoms. The van der Waals surface area contributed by atoms with E-state index in [4.69, 9.17) is 0 Å². The summed E-state index contributed by atoms with van der Waals surface area (Å²) in [6.07, 6.45) is 7.79. The Morgan fingerprint density at radius 3 is 1.73 bits per heavy atom. The van der Waals surface area contributed by atoms with Crippen LogP contribution in [-0.4, -0.2) is 13.1 Å². The van der Waals surface area contributed by atoms with Crippen molar-refractivity contribution in [1.82, 2.24) is 0 Å².